The van der Waals surface area contributed by atoms with Gasteiger partial charge in [-0.3, -0.25) is 14.9 Å². The average Bonchev–Trinajstić information content (AvgIpc) is 3.17. The summed E-state index contributed by atoms with van der Waals surface area (Å²) < 4.78 is 0. The molecule has 0 saturated carbocycles. The van der Waals surface area contributed by atoms with Crippen LogP contribution in [0.2, 0.25) is 0 Å². The van der Waals surface area contributed by atoms with Crippen molar-refractivity contribution in [3.8, 4) is 0 Å². The Kier molecular flexibility index (Phi) is 22.0. The first-order valence-electron chi connectivity index (χ1n) is 16.6. The topological polar surface area (TPSA) is 46.2 Å². The first-order chi connectivity index (χ1) is 18.1. The van der Waals surface area contributed by atoms with Crippen LogP contribution in [0.1, 0.15) is 187 Å². The van der Waals surface area contributed by atoms with Gasteiger partial charge in [-0.1, -0.05) is 154 Å². The van der Waals surface area contributed by atoms with Crippen molar-refractivity contribution >= 4 is 11.8 Å². The van der Waals surface area contributed by atoms with Crippen molar-refractivity contribution in [1.82, 2.24) is 5.32 Å². The summed E-state index contributed by atoms with van der Waals surface area (Å²) in [6.07, 6.45) is 38.2. The molecule has 216 valence electrons. The van der Waals surface area contributed by atoms with Gasteiger partial charge in [-0.15, -0.1) is 0 Å². The Morgan fingerprint density at radius 2 is 0.892 bits per heavy atom. The van der Waals surface area contributed by atoms with Crippen LogP contribution in [-0.4, -0.2) is 11.8 Å². The standard InChI is InChI=1S/C34H63NO2/c1-3-5-7-9-11-13-15-16-17-18-19-20-22-24-26-28-30-34(31-32(36)35-33(34)37)29-27-25-23-21-14-12-10-8-6-4-2/h16-17H,3-15,18-31H2,1-2H3,(H,35,36,37)/b17-16-. The lowest BCUT2D eigenvalue weighted by Gasteiger charge is -2.25. The summed E-state index contributed by atoms with van der Waals surface area (Å²) in [7, 11) is 0. The van der Waals surface area contributed by atoms with Crippen molar-refractivity contribution in [2.45, 2.75) is 187 Å². The van der Waals surface area contributed by atoms with Crippen LogP contribution < -0.4 is 5.32 Å². The molecule has 0 aromatic heterocycles. The van der Waals surface area contributed by atoms with E-state index in [-0.39, 0.29) is 11.8 Å². The van der Waals surface area contributed by atoms with Gasteiger partial charge in [0.15, 0.2) is 0 Å². The van der Waals surface area contributed by atoms with Crippen LogP contribution in [-0.2, 0) is 9.59 Å². The monoisotopic (exact) mass is 517 g/mol. The predicted molar refractivity (Wildman–Crippen MR) is 161 cm³/mol. The molecule has 2 amide bonds. The number of allylic oxidation sites excluding steroid dienone is 2. The predicted octanol–water partition coefficient (Wildman–Crippen LogP) is 10.8. The summed E-state index contributed by atoms with van der Waals surface area (Å²) in [5.41, 5.74) is -0.405. The number of hydrogen-bond acceptors (Lipinski definition) is 2. The maximum atomic E-state index is 12.7. The summed E-state index contributed by atoms with van der Waals surface area (Å²) in [5.74, 6) is -0.0391. The molecule has 37 heavy (non-hydrogen) atoms. The number of carbonyl (C=O) groups is 2. The third-order valence-electron chi connectivity index (χ3n) is 8.41. The minimum atomic E-state index is -0.405. The van der Waals surface area contributed by atoms with E-state index in [4.69, 9.17) is 0 Å². The highest BCUT2D eigenvalue weighted by Gasteiger charge is 2.45. The molecule has 1 atom stereocenters. The fraction of sp³-hybridized carbons (Fsp3) is 0.882. The molecule has 3 nitrogen and oxygen atoms in total. The molecule has 1 heterocycles. The number of nitrogens with one attached hydrogen (secondary N) is 1. The van der Waals surface area contributed by atoms with E-state index >= 15 is 0 Å². The maximum Gasteiger partial charge on any atom is 0.233 e. The summed E-state index contributed by atoms with van der Waals surface area (Å²) in [6.45, 7) is 4.54. The fourth-order valence-electron chi connectivity index (χ4n) is 5.88. The molecule has 1 aliphatic rings. The van der Waals surface area contributed by atoms with Crippen molar-refractivity contribution in [2.75, 3.05) is 0 Å². The van der Waals surface area contributed by atoms with E-state index in [1.54, 1.807) is 0 Å². The normalized spacial score (nSPS) is 17.8. The third-order valence-corrected chi connectivity index (χ3v) is 8.41. The summed E-state index contributed by atoms with van der Waals surface area (Å²) in [5, 5.41) is 2.61. The number of hydrogen-bond donors (Lipinski definition) is 1. The Morgan fingerprint density at radius 3 is 1.24 bits per heavy atom. The molecule has 0 aromatic carbocycles. The molecule has 1 fully saturated rings. The Labute approximate surface area is 231 Å². The second kappa shape index (κ2) is 24.0. The number of imide groups is 1. The highest BCUT2D eigenvalue weighted by atomic mass is 16.2. The molecule has 0 aromatic rings. The molecule has 0 aliphatic carbocycles. The highest BCUT2D eigenvalue weighted by molar-refractivity contribution is 6.05. The zero-order chi connectivity index (χ0) is 26.9. The van der Waals surface area contributed by atoms with Crippen LogP contribution in [0.25, 0.3) is 0 Å². The Hall–Kier alpha value is -1.12. The molecule has 1 rings (SSSR count). The van der Waals surface area contributed by atoms with Gasteiger partial charge >= 0.3 is 0 Å². The van der Waals surface area contributed by atoms with Gasteiger partial charge in [0.1, 0.15) is 0 Å². The number of amides is 2. The molecular weight excluding hydrogens is 454 g/mol. The lowest BCUT2D eigenvalue weighted by atomic mass is 9.76. The van der Waals surface area contributed by atoms with Crippen molar-refractivity contribution in [2.24, 2.45) is 5.41 Å². The molecular formula is C34H63NO2. The van der Waals surface area contributed by atoms with Crippen molar-refractivity contribution in [3.05, 3.63) is 12.2 Å². The van der Waals surface area contributed by atoms with Gasteiger partial charge < -0.3 is 0 Å². The zero-order valence-electron chi connectivity index (χ0n) is 25.1. The molecule has 1 aliphatic heterocycles. The first-order valence-corrected chi connectivity index (χ1v) is 16.6. The zero-order valence-corrected chi connectivity index (χ0v) is 25.1. The molecule has 1 saturated heterocycles. The van der Waals surface area contributed by atoms with Gasteiger partial charge in [0.25, 0.3) is 0 Å². The van der Waals surface area contributed by atoms with Gasteiger partial charge in [0.2, 0.25) is 11.8 Å². The van der Waals surface area contributed by atoms with Gasteiger partial charge in [-0.05, 0) is 38.5 Å². The third kappa shape index (κ3) is 17.9. The van der Waals surface area contributed by atoms with E-state index in [1.807, 2.05) is 0 Å². The molecule has 1 N–H and O–H groups in total. The number of carbonyl (C=O) groups excluding carboxylic acids is 2. The van der Waals surface area contributed by atoms with Gasteiger partial charge in [0, 0.05) is 6.42 Å². The van der Waals surface area contributed by atoms with Crippen LogP contribution >= 0.6 is 0 Å². The van der Waals surface area contributed by atoms with Gasteiger partial charge in [-0.25, -0.2) is 0 Å². The van der Waals surface area contributed by atoms with Crippen LogP contribution in [0, 0.1) is 5.41 Å². The smallest absolute Gasteiger partial charge is 0.233 e. The number of unbranched alkanes of at least 4 members (excludes halogenated alkanes) is 21. The Balaban J connectivity index is 2.05. The minimum absolute atomic E-state index is 0.0150. The SMILES string of the molecule is CCCCCCCC/C=C\CCCCCCCCC1(CCCCCCCCCCCC)CC(=O)NC1=O. The fourth-order valence-corrected chi connectivity index (χ4v) is 5.88. The van der Waals surface area contributed by atoms with E-state index in [1.165, 1.54) is 141 Å². The molecule has 0 spiro atoms. The summed E-state index contributed by atoms with van der Waals surface area (Å²) in [4.78, 5) is 24.6. The first kappa shape index (κ1) is 33.9. The lowest BCUT2D eigenvalue weighted by Crippen LogP contribution is -2.31. The van der Waals surface area contributed by atoms with E-state index in [2.05, 4.69) is 31.3 Å². The van der Waals surface area contributed by atoms with Gasteiger partial charge in [0.05, 0.1) is 5.41 Å². The summed E-state index contributed by atoms with van der Waals surface area (Å²) in [6, 6.07) is 0. The van der Waals surface area contributed by atoms with E-state index in [0.717, 1.165) is 25.7 Å². The largest absolute Gasteiger partial charge is 0.296 e. The van der Waals surface area contributed by atoms with E-state index in [0.29, 0.717) is 6.42 Å². The second-order valence-electron chi connectivity index (χ2n) is 12.0. The number of rotatable bonds is 27. The highest BCUT2D eigenvalue weighted by Crippen LogP contribution is 2.39. The molecule has 3 heteroatoms. The Morgan fingerprint density at radius 1 is 0.541 bits per heavy atom. The second-order valence-corrected chi connectivity index (χ2v) is 12.0. The van der Waals surface area contributed by atoms with Crippen molar-refractivity contribution in [1.29, 1.82) is 0 Å². The Bertz CT molecular complexity index is 584. The maximum absolute atomic E-state index is 12.7. The van der Waals surface area contributed by atoms with Crippen LogP contribution in [0.3, 0.4) is 0 Å². The molecule has 0 bridgehead atoms. The average molecular weight is 518 g/mol. The van der Waals surface area contributed by atoms with E-state index in [9.17, 15) is 9.59 Å². The van der Waals surface area contributed by atoms with Crippen LogP contribution in [0.4, 0.5) is 0 Å². The van der Waals surface area contributed by atoms with Crippen molar-refractivity contribution in [3.63, 3.8) is 0 Å². The van der Waals surface area contributed by atoms with Crippen LogP contribution in [0.5, 0.6) is 0 Å². The lowest BCUT2D eigenvalue weighted by molar-refractivity contribution is -0.129. The van der Waals surface area contributed by atoms with Crippen LogP contribution in [0.15, 0.2) is 12.2 Å². The van der Waals surface area contributed by atoms with Gasteiger partial charge in [-0.2, -0.15) is 0 Å². The quantitative estimate of drug-likeness (QED) is 0.0669. The van der Waals surface area contributed by atoms with Crippen molar-refractivity contribution < 1.29 is 9.59 Å². The summed E-state index contributed by atoms with van der Waals surface area (Å²) >= 11 is 0. The minimum Gasteiger partial charge on any atom is -0.296 e. The van der Waals surface area contributed by atoms with E-state index < -0.39 is 5.41 Å². The molecule has 1 unspecified atom stereocenters. The molecule has 0 radical (unpaired) electrons.